The van der Waals surface area contributed by atoms with E-state index in [0.717, 1.165) is 24.9 Å². The van der Waals surface area contributed by atoms with Crippen molar-refractivity contribution >= 4 is 10.0 Å². The first-order valence-corrected chi connectivity index (χ1v) is 9.04. The van der Waals surface area contributed by atoms with Crippen LogP contribution in [0.5, 0.6) is 0 Å². The Bertz CT molecular complexity index is 561. The minimum absolute atomic E-state index is 0.0139. The fourth-order valence-corrected chi connectivity index (χ4v) is 3.74. The van der Waals surface area contributed by atoms with Crippen molar-refractivity contribution in [3.63, 3.8) is 0 Å². The summed E-state index contributed by atoms with van der Waals surface area (Å²) in [5, 5.41) is 3.42. The molecule has 0 bridgehead atoms. The normalized spacial score (nSPS) is 20.6. The van der Waals surface area contributed by atoms with Crippen LogP contribution < -0.4 is 10.0 Å². The number of ether oxygens (including phenoxy) is 1. The summed E-state index contributed by atoms with van der Waals surface area (Å²) in [6, 6.07) is 7.78. The molecule has 1 heterocycles. The number of sulfonamides is 1. The Kier molecular flexibility index (Phi) is 4.59. The molecule has 1 aromatic carbocycles. The highest BCUT2D eigenvalue weighted by Gasteiger charge is 2.22. The minimum atomic E-state index is -3.42. The van der Waals surface area contributed by atoms with Crippen LogP contribution in [0.2, 0.25) is 0 Å². The van der Waals surface area contributed by atoms with Gasteiger partial charge in [0.05, 0.1) is 4.90 Å². The lowest BCUT2D eigenvalue weighted by Crippen LogP contribution is -2.38. The second-order valence-corrected chi connectivity index (χ2v) is 7.52. The Labute approximate surface area is 126 Å². The van der Waals surface area contributed by atoms with Gasteiger partial charge in [-0.3, -0.25) is 0 Å². The molecule has 0 radical (unpaired) electrons. The zero-order valence-electron chi connectivity index (χ0n) is 12.0. The maximum absolute atomic E-state index is 12.3. The van der Waals surface area contributed by atoms with Gasteiger partial charge in [-0.15, -0.1) is 0 Å². The first-order valence-electron chi connectivity index (χ1n) is 7.56. The Morgan fingerprint density at radius 2 is 1.67 bits per heavy atom. The van der Waals surface area contributed by atoms with Gasteiger partial charge < -0.3 is 10.1 Å². The van der Waals surface area contributed by atoms with Gasteiger partial charge >= 0.3 is 0 Å². The largest absolute Gasteiger partial charge is 0.381 e. The molecule has 21 heavy (non-hydrogen) atoms. The van der Waals surface area contributed by atoms with E-state index in [1.807, 2.05) is 12.1 Å². The maximum Gasteiger partial charge on any atom is 0.240 e. The topological polar surface area (TPSA) is 67.4 Å². The van der Waals surface area contributed by atoms with Gasteiger partial charge in [-0.1, -0.05) is 12.1 Å². The van der Waals surface area contributed by atoms with E-state index in [1.54, 1.807) is 12.1 Å². The second-order valence-electron chi connectivity index (χ2n) is 5.81. The number of benzene rings is 1. The Morgan fingerprint density at radius 3 is 2.29 bits per heavy atom. The smallest absolute Gasteiger partial charge is 0.240 e. The van der Waals surface area contributed by atoms with Gasteiger partial charge in [0.1, 0.15) is 0 Å². The van der Waals surface area contributed by atoms with E-state index in [9.17, 15) is 8.42 Å². The lowest BCUT2D eigenvalue weighted by molar-refractivity contribution is 0.0832. The third-order valence-corrected chi connectivity index (χ3v) is 5.49. The summed E-state index contributed by atoms with van der Waals surface area (Å²) in [4.78, 5) is 0.337. The van der Waals surface area contributed by atoms with Crippen molar-refractivity contribution in [1.82, 2.24) is 10.0 Å². The molecule has 1 saturated heterocycles. The van der Waals surface area contributed by atoms with Crippen LogP contribution in [0.4, 0.5) is 0 Å². The van der Waals surface area contributed by atoms with E-state index >= 15 is 0 Å². The highest BCUT2D eigenvalue weighted by molar-refractivity contribution is 7.89. The van der Waals surface area contributed by atoms with Gasteiger partial charge in [-0.05, 0) is 43.4 Å². The fourth-order valence-electron chi connectivity index (χ4n) is 2.44. The molecule has 1 aliphatic heterocycles. The number of hydrogen-bond acceptors (Lipinski definition) is 4. The summed E-state index contributed by atoms with van der Waals surface area (Å²) in [6.45, 7) is 2.05. The molecule has 0 aromatic heterocycles. The van der Waals surface area contributed by atoms with Crippen LogP contribution in [-0.2, 0) is 21.3 Å². The predicted octanol–water partition coefficient (Wildman–Crippen LogP) is 1.40. The Morgan fingerprint density at radius 1 is 1.00 bits per heavy atom. The molecule has 0 atom stereocenters. The standard InChI is InChI=1S/C15H22N2O3S/c18-21(19,17-14-7-9-20-10-8-14)15-5-1-12(2-6-15)11-16-13-3-4-13/h1-2,5-6,13-14,16-17H,3-4,7-11H2. The molecule has 0 amide bonds. The van der Waals surface area contributed by atoms with Gasteiger partial charge in [0.15, 0.2) is 0 Å². The second kappa shape index (κ2) is 6.44. The molecule has 1 aromatic rings. The molecule has 0 spiro atoms. The molecular weight excluding hydrogens is 288 g/mol. The van der Waals surface area contributed by atoms with Crippen LogP contribution in [0.25, 0.3) is 0 Å². The monoisotopic (exact) mass is 310 g/mol. The highest BCUT2D eigenvalue weighted by Crippen LogP contribution is 2.20. The fraction of sp³-hybridized carbons (Fsp3) is 0.600. The highest BCUT2D eigenvalue weighted by atomic mass is 32.2. The van der Waals surface area contributed by atoms with E-state index < -0.39 is 10.0 Å². The summed E-state index contributed by atoms with van der Waals surface area (Å²) in [7, 11) is -3.42. The summed E-state index contributed by atoms with van der Waals surface area (Å²) >= 11 is 0. The quantitative estimate of drug-likeness (QED) is 0.833. The lowest BCUT2D eigenvalue weighted by atomic mass is 10.1. The van der Waals surface area contributed by atoms with Crippen LogP contribution in [0.15, 0.2) is 29.2 Å². The molecule has 116 valence electrons. The Hall–Kier alpha value is -0.950. The van der Waals surface area contributed by atoms with Crippen molar-refractivity contribution in [3.8, 4) is 0 Å². The van der Waals surface area contributed by atoms with Gasteiger partial charge in [0.25, 0.3) is 0 Å². The molecule has 3 rings (SSSR count). The van der Waals surface area contributed by atoms with Crippen LogP contribution in [0, 0.1) is 0 Å². The van der Waals surface area contributed by atoms with E-state index in [1.165, 1.54) is 12.8 Å². The van der Waals surface area contributed by atoms with Gasteiger partial charge in [-0.2, -0.15) is 0 Å². The minimum Gasteiger partial charge on any atom is -0.381 e. The van der Waals surface area contributed by atoms with E-state index in [0.29, 0.717) is 24.2 Å². The van der Waals surface area contributed by atoms with Crippen molar-refractivity contribution < 1.29 is 13.2 Å². The number of rotatable bonds is 6. The van der Waals surface area contributed by atoms with Crippen LogP contribution >= 0.6 is 0 Å². The summed E-state index contributed by atoms with van der Waals surface area (Å²) in [5.41, 5.74) is 1.12. The molecule has 2 N–H and O–H groups in total. The average molecular weight is 310 g/mol. The van der Waals surface area contributed by atoms with E-state index in [2.05, 4.69) is 10.0 Å². The molecule has 0 unspecified atom stereocenters. The van der Waals surface area contributed by atoms with Crippen molar-refractivity contribution in [3.05, 3.63) is 29.8 Å². The summed E-state index contributed by atoms with van der Waals surface area (Å²) < 4.78 is 32.7. The van der Waals surface area contributed by atoms with Crippen LogP contribution in [-0.4, -0.2) is 33.7 Å². The summed E-state index contributed by atoms with van der Waals surface area (Å²) in [5.74, 6) is 0. The third-order valence-electron chi connectivity index (χ3n) is 3.95. The van der Waals surface area contributed by atoms with Crippen LogP contribution in [0.1, 0.15) is 31.2 Å². The molecule has 5 nitrogen and oxygen atoms in total. The van der Waals surface area contributed by atoms with Crippen molar-refractivity contribution in [2.24, 2.45) is 0 Å². The number of nitrogens with one attached hydrogen (secondary N) is 2. The Balaban J connectivity index is 1.60. The zero-order chi connectivity index (χ0) is 14.7. The van der Waals surface area contributed by atoms with Crippen LogP contribution in [0.3, 0.4) is 0 Å². The lowest BCUT2D eigenvalue weighted by Gasteiger charge is -2.23. The first kappa shape index (κ1) is 15.0. The molecule has 1 saturated carbocycles. The average Bonchev–Trinajstić information content (AvgIpc) is 3.30. The van der Waals surface area contributed by atoms with Gasteiger partial charge in [0, 0.05) is 31.8 Å². The molecule has 6 heteroatoms. The van der Waals surface area contributed by atoms with Crippen molar-refractivity contribution in [2.75, 3.05) is 13.2 Å². The van der Waals surface area contributed by atoms with Crippen molar-refractivity contribution in [1.29, 1.82) is 0 Å². The third kappa shape index (κ3) is 4.26. The van der Waals surface area contributed by atoms with Gasteiger partial charge in [-0.25, -0.2) is 13.1 Å². The number of hydrogen-bond donors (Lipinski definition) is 2. The van der Waals surface area contributed by atoms with E-state index in [4.69, 9.17) is 4.74 Å². The van der Waals surface area contributed by atoms with Crippen molar-refractivity contribution in [2.45, 2.75) is 49.2 Å². The molecular formula is C15H22N2O3S. The SMILES string of the molecule is O=S(=O)(NC1CCOCC1)c1ccc(CNC2CC2)cc1. The maximum atomic E-state index is 12.3. The predicted molar refractivity (Wildman–Crippen MR) is 80.5 cm³/mol. The molecule has 1 aliphatic carbocycles. The summed E-state index contributed by atoms with van der Waals surface area (Å²) in [6.07, 6.45) is 3.98. The van der Waals surface area contributed by atoms with E-state index in [-0.39, 0.29) is 6.04 Å². The first-order chi connectivity index (χ1) is 10.1. The molecule has 2 fully saturated rings. The van der Waals surface area contributed by atoms with Gasteiger partial charge in [0.2, 0.25) is 10.0 Å². The zero-order valence-corrected chi connectivity index (χ0v) is 12.9. The molecule has 2 aliphatic rings.